The summed E-state index contributed by atoms with van der Waals surface area (Å²) in [5.74, 6) is 2.20. The summed E-state index contributed by atoms with van der Waals surface area (Å²) in [6.45, 7) is 5.03. The van der Waals surface area contributed by atoms with Gasteiger partial charge in [0.1, 0.15) is 5.75 Å². The summed E-state index contributed by atoms with van der Waals surface area (Å²) < 4.78 is 16.7. The smallest absolute Gasteiger partial charge is 0.223 e. The minimum Gasteiger partial charge on any atom is -0.495 e. The fourth-order valence-corrected chi connectivity index (χ4v) is 5.69. The number of methoxy groups -OCH3 is 3. The number of aromatic amines is 1. The largest absolute Gasteiger partial charge is 0.495 e. The third kappa shape index (κ3) is 5.26. The van der Waals surface area contributed by atoms with Crippen molar-refractivity contribution < 1.29 is 19.0 Å². The molecule has 2 heterocycles. The zero-order chi connectivity index (χ0) is 27.4. The Hall–Kier alpha value is -4.13. The number of carbonyl (C=O) groups excluding carboxylic acids is 1. The monoisotopic (exact) mass is 527 g/mol. The Kier molecular flexibility index (Phi) is 7.96. The average molecular weight is 528 g/mol. The van der Waals surface area contributed by atoms with Crippen molar-refractivity contribution in [1.82, 2.24) is 9.88 Å². The molecule has 7 nitrogen and oxygen atoms in total. The number of nitrogens with one attached hydrogen (secondary N) is 1. The Balaban J connectivity index is 1.42. The van der Waals surface area contributed by atoms with Crippen molar-refractivity contribution in [2.75, 3.05) is 52.4 Å². The number of amides is 1. The zero-order valence-corrected chi connectivity index (χ0v) is 23.2. The highest BCUT2D eigenvalue weighted by Gasteiger charge is 2.28. The first-order valence-electron chi connectivity index (χ1n) is 13.5. The second kappa shape index (κ2) is 11.7. The van der Waals surface area contributed by atoms with Gasteiger partial charge in [-0.25, -0.2) is 0 Å². The number of ether oxygens (including phenoxy) is 3. The summed E-state index contributed by atoms with van der Waals surface area (Å²) >= 11 is 0. The fourth-order valence-electron chi connectivity index (χ4n) is 5.69. The van der Waals surface area contributed by atoms with Gasteiger partial charge in [0, 0.05) is 55.6 Å². The molecule has 1 fully saturated rings. The van der Waals surface area contributed by atoms with Gasteiger partial charge < -0.3 is 29.0 Å². The molecular formula is C32H37N3O4. The molecule has 0 radical (unpaired) electrons. The van der Waals surface area contributed by atoms with Crippen LogP contribution in [0.3, 0.4) is 0 Å². The van der Waals surface area contributed by atoms with Gasteiger partial charge in [0.15, 0.2) is 11.5 Å². The van der Waals surface area contributed by atoms with Gasteiger partial charge in [0.05, 0.1) is 27.0 Å². The van der Waals surface area contributed by atoms with Gasteiger partial charge in [-0.1, -0.05) is 43.3 Å². The summed E-state index contributed by atoms with van der Waals surface area (Å²) in [7, 11) is 4.97. The van der Waals surface area contributed by atoms with Crippen LogP contribution in [0.5, 0.6) is 17.2 Å². The topological polar surface area (TPSA) is 67.0 Å². The van der Waals surface area contributed by atoms with Crippen molar-refractivity contribution >= 4 is 22.5 Å². The molecule has 1 saturated heterocycles. The Morgan fingerprint density at radius 3 is 2.33 bits per heavy atom. The minimum atomic E-state index is -0.134. The number of hydrogen-bond acceptors (Lipinski definition) is 5. The molecule has 0 saturated carbocycles. The minimum absolute atomic E-state index is 0.134. The SMILES string of the molecule is CCc1cccc2c([C@@H](CC(=O)N3CCN(c4ccccc4OC)CC3)c3ccc(OC)c(OC)c3)c[nH]c12. The molecule has 0 aliphatic carbocycles. The third-order valence-electron chi connectivity index (χ3n) is 7.84. The van der Waals surface area contributed by atoms with Crippen molar-refractivity contribution in [2.24, 2.45) is 0 Å². The Labute approximate surface area is 230 Å². The highest BCUT2D eigenvalue weighted by Crippen LogP contribution is 2.39. The third-order valence-corrected chi connectivity index (χ3v) is 7.84. The van der Waals surface area contributed by atoms with E-state index in [0.29, 0.717) is 31.0 Å². The number of aromatic nitrogens is 1. The van der Waals surface area contributed by atoms with E-state index in [2.05, 4.69) is 47.3 Å². The second-order valence-corrected chi connectivity index (χ2v) is 9.85. The molecule has 1 amide bonds. The number of para-hydroxylation sites is 3. The number of hydrogen-bond donors (Lipinski definition) is 1. The average Bonchev–Trinajstić information content (AvgIpc) is 3.43. The molecule has 1 atom stereocenters. The van der Waals surface area contributed by atoms with Crippen molar-refractivity contribution in [1.29, 1.82) is 0 Å². The quantitative estimate of drug-likeness (QED) is 0.306. The summed E-state index contributed by atoms with van der Waals surface area (Å²) in [5, 5.41) is 1.16. The lowest BCUT2D eigenvalue weighted by atomic mass is 9.87. The molecule has 0 bridgehead atoms. The lowest BCUT2D eigenvalue weighted by molar-refractivity contribution is -0.131. The van der Waals surface area contributed by atoms with Gasteiger partial charge >= 0.3 is 0 Å². The molecule has 1 aromatic heterocycles. The van der Waals surface area contributed by atoms with E-state index in [1.807, 2.05) is 41.3 Å². The summed E-state index contributed by atoms with van der Waals surface area (Å²) in [6, 6.07) is 20.4. The predicted molar refractivity (Wildman–Crippen MR) is 155 cm³/mol. The van der Waals surface area contributed by atoms with Crippen LogP contribution in [0, 0.1) is 0 Å². The second-order valence-electron chi connectivity index (χ2n) is 9.85. The van der Waals surface area contributed by atoms with E-state index in [9.17, 15) is 4.79 Å². The maximum Gasteiger partial charge on any atom is 0.223 e. The van der Waals surface area contributed by atoms with Crippen LogP contribution in [0.4, 0.5) is 5.69 Å². The summed E-state index contributed by atoms with van der Waals surface area (Å²) in [5.41, 5.74) is 5.62. The van der Waals surface area contributed by atoms with Crippen molar-refractivity contribution in [3.05, 3.63) is 83.6 Å². The van der Waals surface area contributed by atoms with Crippen LogP contribution in [0.1, 0.15) is 36.0 Å². The van der Waals surface area contributed by atoms with Gasteiger partial charge in [-0.2, -0.15) is 0 Å². The van der Waals surface area contributed by atoms with E-state index in [4.69, 9.17) is 14.2 Å². The molecule has 5 rings (SSSR count). The summed E-state index contributed by atoms with van der Waals surface area (Å²) in [4.78, 5) is 21.6. The van der Waals surface area contributed by atoms with E-state index in [1.165, 1.54) is 5.56 Å². The molecule has 204 valence electrons. The van der Waals surface area contributed by atoms with E-state index in [1.54, 1.807) is 21.3 Å². The molecule has 1 aliphatic rings. The number of carbonyl (C=O) groups is 1. The molecule has 3 aromatic carbocycles. The molecule has 0 spiro atoms. The number of piperazine rings is 1. The van der Waals surface area contributed by atoms with Gasteiger partial charge in [-0.05, 0) is 47.4 Å². The van der Waals surface area contributed by atoms with E-state index in [-0.39, 0.29) is 11.8 Å². The standard InChI is InChI=1S/C32H37N3O4/c1-5-22-9-8-10-24-26(21-33-32(22)24)25(23-13-14-29(38-3)30(19-23)39-4)20-31(36)35-17-15-34(16-18-35)27-11-6-7-12-28(27)37-2/h6-14,19,21,25,33H,5,15-18,20H2,1-4H3/t25-/m0/s1. The first-order chi connectivity index (χ1) is 19.1. The van der Waals surface area contributed by atoms with Gasteiger partial charge in [0.25, 0.3) is 0 Å². The highest BCUT2D eigenvalue weighted by atomic mass is 16.5. The predicted octanol–water partition coefficient (Wildman–Crippen LogP) is 5.63. The fraction of sp³-hybridized carbons (Fsp3) is 0.344. The Bertz CT molecular complexity index is 1440. The maximum atomic E-state index is 13.8. The Morgan fingerprint density at radius 1 is 0.872 bits per heavy atom. The molecule has 1 N–H and O–H groups in total. The number of aryl methyl sites for hydroxylation is 1. The molecule has 4 aromatic rings. The first kappa shape index (κ1) is 26.5. The van der Waals surface area contributed by atoms with Crippen LogP contribution < -0.4 is 19.1 Å². The van der Waals surface area contributed by atoms with Crippen molar-refractivity contribution in [3.8, 4) is 17.2 Å². The summed E-state index contributed by atoms with van der Waals surface area (Å²) in [6.07, 6.45) is 3.37. The van der Waals surface area contributed by atoms with Crippen LogP contribution in [0.25, 0.3) is 10.9 Å². The van der Waals surface area contributed by atoms with Crippen LogP contribution in [0.2, 0.25) is 0 Å². The van der Waals surface area contributed by atoms with Crippen LogP contribution >= 0.6 is 0 Å². The maximum absolute atomic E-state index is 13.8. The van der Waals surface area contributed by atoms with Crippen LogP contribution in [-0.4, -0.2) is 63.3 Å². The van der Waals surface area contributed by atoms with Crippen LogP contribution in [0.15, 0.2) is 66.9 Å². The number of benzene rings is 3. The van der Waals surface area contributed by atoms with Gasteiger partial charge in [-0.15, -0.1) is 0 Å². The number of anilines is 1. The van der Waals surface area contributed by atoms with E-state index >= 15 is 0 Å². The van der Waals surface area contributed by atoms with Gasteiger partial charge in [0.2, 0.25) is 5.91 Å². The highest BCUT2D eigenvalue weighted by molar-refractivity contribution is 5.88. The number of fused-ring (bicyclic) bond motifs is 1. The van der Waals surface area contributed by atoms with Gasteiger partial charge in [-0.3, -0.25) is 4.79 Å². The lowest BCUT2D eigenvalue weighted by Gasteiger charge is -2.37. The van der Waals surface area contributed by atoms with E-state index in [0.717, 1.165) is 53.0 Å². The molecule has 7 heteroatoms. The first-order valence-corrected chi connectivity index (χ1v) is 13.5. The lowest BCUT2D eigenvalue weighted by Crippen LogP contribution is -2.49. The number of nitrogens with zero attached hydrogens (tertiary/aromatic N) is 2. The number of H-pyrrole nitrogens is 1. The molecule has 39 heavy (non-hydrogen) atoms. The van der Waals surface area contributed by atoms with Crippen molar-refractivity contribution in [3.63, 3.8) is 0 Å². The molecule has 1 aliphatic heterocycles. The Morgan fingerprint density at radius 2 is 1.62 bits per heavy atom. The molecular weight excluding hydrogens is 490 g/mol. The molecule has 0 unspecified atom stereocenters. The van der Waals surface area contributed by atoms with Crippen molar-refractivity contribution in [2.45, 2.75) is 25.7 Å². The normalized spacial score (nSPS) is 14.4. The van der Waals surface area contributed by atoms with E-state index < -0.39 is 0 Å². The van der Waals surface area contributed by atoms with Crippen LogP contribution in [-0.2, 0) is 11.2 Å². The zero-order valence-electron chi connectivity index (χ0n) is 23.2. The number of rotatable bonds is 9.